The number of hydrogen-bond acceptors (Lipinski definition) is 2. The van der Waals surface area contributed by atoms with E-state index in [0.29, 0.717) is 25.3 Å². The fourth-order valence-corrected chi connectivity index (χ4v) is 4.02. The summed E-state index contributed by atoms with van der Waals surface area (Å²) >= 11 is 0. The van der Waals surface area contributed by atoms with Gasteiger partial charge in [-0.1, -0.05) is 12.8 Å². The van der Waals surface area contributed by atoms with E-state index in [4.69, 9.17) is 0 Å². The largest absolute Gasteiger partial charge is 0.481 e. The molecule has 3 aliphatic rings. The fourth-order valence-electron chi connectivity index (χ4n) is 4.02. The Bertz CT molecular complexity index is 375. The molecule has 0 spiro atoms. The number of carbonyl (C=O) groups is 2. The molecule has 0 aromatic heterocycles. The topological polar surface area (TPSA) is 66.4 Å². The van der Waals surface area contributed by atoms with Gasteiger partial charge in [-0.05, 0) is 43.9 Å². The van der Waals surface area contributed by atoms with Crippen molar-refractivity contribution in [3.05, 3.63) is 0 Å². The number of carbonyl (C=O) groups excluding carboxylic acids is 1. The van der Waals surface area contributed by atoms with Crippen LogP contribution in [0, 0.1) is 23.2 Å². The zero-order valence-electron chi connectivity index (χ0n) is 10.7. The Morgan fingerprint density at radius 3 is 2.44 bits per heavy atom. The highest BCUT2D eigenvalue weighted by atomic mass is 16.4. The van der Waals surface area contributed by atoms with Gasteiger partial charge in [-0.15, -0.1) is 0 Å². The molecule has 0 aromatic carbocycles. The van der Waals surface area contributed by atoms with Gasteiger partial charge in [-0.25, -0.2) is 0 Å². The number of hydrogen-bond donors (Lipinski definition) is 2. The number of carboxylic acid groups (broad SMARTS) is 1. The van der Waals surface area contributed by atoms with Gasteiger partial charge in [0, 0.05) is 12.5 Å². The number of aliphatic carboxylic acids is 1. The molecule has 18 heavy (non-hydrogen) atoms. The van der Waals surface area contributed by atoms with Gasteiger partial charge in [0.15, 0.2) is 0 Å². The van der Waals surface area contributed by atoms with E-state index in [1.165, 1.54) is 19.3 Å². The maximum atomic E-state index is 12.1. The first-order valence-corrected chi connectivity index (χ1v) is 7.12. The summed E-state index contributed by atoms with van der Waals surface area (Å²) in [5.74, 6) is 0.839. The highest BCUT2D eigenvalue weighted by Gasteiger charge is 2.46. The van der Waals surface area contributed by atoms with Crippen LogP contribution in [0.4, 0.5) is 0 Å². The molecular formula is C14H21NO3. The Morgan fingerprint density at radius 2 is 2.00 bits per heavy atom. The van der Waals surface area contributed by atoms with Gasteiger partial charge in [0.05, 0.1) is 5.41 Å². The van der Waals surface area contributed by atoms with Crippen molar-refractivity contribution < 1.29 is 14.7 Å². The molecule has 4 nitrogen and oxygen atoms in total. The lowest BCUT2D eigenvalue weighted by atomic mass is 9.68. The minimum absolute atomic E-state index is 0.106. The van der Waals surface area contributed by atoms with Gasteiger partial charge in [-0.3, -0.25) is 9.59 Å². The third-order valence-corrected chi connectivity index (χ3v) is 5.44. The van der Waals surface area contributed by atoms with Crippen molar-refractivity contribution in [2.24, 2.45) is 23.2 Å². The summed E-state index contributed by atoms with van der Waals surface area (Å²) in [5.41, 5.74) is -0.659. The normalized spacial score (nSPS) is 36.1. The average Bonchev–Trinajstić information content (AvgIpc) is 2.88. The minimum Gasteiger partial charge on any atom is -0.481 e. The van der Waals surface area contributed by atoms with Crippen LogP contribution in [0.2, 0.25) is 0 Å². The van der Waals surface area contributed by atoms with E-state index in [0.717, 1.165) is 18.8 Å². The van der Waals surface area contributed by atoms with E-state index in [1.54, 1.807) is 0 Å². The first-order chi connectivity index (χ1) is 8.61. The summed E-state index contributed by atoms with van der Waals surface area (Å²) in [5, 5.41) is 12.1. The fraction of sp³-hybridized carbons (Fsp3) is 0.857. The molecule has 3 fully saturated rings. The summed E-state index contributed by atoms with van der Waals surface area (Å²) in [6.45, 7) is 0.328. The van der Waals surface area contributed by atoms with Crippen molar-refractivity contribution in [1.29, 1.82) is 0 Å². The lowest BCUT2D eigenvalue weighted by Crippen LogP contribution is -2.49. The van der Waals surface area contributed by atoms with E-state index < -0.39 is 11.4 Å². The van der Waals surface area contributed by atoms with Crippen LogP contribution in [0.1, 0.15) is 44.9 Å². The molecule has 3 atom stereocenters. The zero-order chi connectivity index (χ0) is 12.8. The van der Waals surface area contributed by atoms with E-state index >= 15 is 0 Å². The van der Waals surface area contributed by atoms with Gasteiger partial charge in [0.2, 0.25) is 5.91 Å². The van der Waals surface area contributed by atoms with Crippen molar-refractivity contribution in [3.63, 3.8) is 0 Å². The van der Waals surface area contributed by atoms with Crippen LogP contribution in [0.25, 0.3) is 0 Å². The van der Waals surface area contributed by atoms with Crippen LogP contribution in [0.3, 0.4) is 0 Å². The third kappa shape index (κ3) is 1.82. The van der Waals surface area contributed by atoms with E-state index in [-0.39, 0.29) is 11.8 Å². The van der Waals surface area contributed by atoms with Gasteiger partial charge in [0.1, 0.15) is 0 Å². The predicted octanol–water partition coefficient (Wildman–Crippen LogP) is 1.79. The SMILES string of the molecule is O=C(NCC1(C(=O)O)CCC1)C1CC2CCC1C2. The summed E-state index contributed by atoms with van der Waals surface area (Å²) in [4.78, 5) is 23.4. The van der Waals surface area contributed by atoms with E-state index in [2.05, 4.69) is 5.32 Å². The summed E-state index contributed by atoms with van der Waals surface area (Å²) in [6.07, 6.45) is 7.09. The molecule has 3 aliphatic carbocycles. The highest BCUT2D eigenvalue weighted by molar-refractivity contribution is 5.81. The van der Waals surface area contributed by atoms with Gasteiger partial charge in [-0.2, -0.15) is 0 Å². The Morgan fingerprint density at radius 1 is 1.22 bits per heavy atom. The average molecular weight is 251 g/mol. The molecule has 1 amide bonds. The van der Waals surface area contributed by atoms with Crippen LogP contribution < -0.4 is 5.32 Å². The van der Waals surface area contributed by atoms with Crippen LogP contribution in [0.15, 0.2) is 0 Å². The molecule has 4 heteroatoms. The van der Waals surface area contributed by atoms with Crippen LogP contribution in [-0.4, -0.2) is 23.5 Å². The molecular weight excluding hydrogens is 230 g/mol. The van der Waals surface area contributed by atoms with E-state index in [9.17, 15) is 14.7 Å². The highest BCUT2D eigenvalue weighted by Crippen LogP contribution is 2.48. The number of fused-ring (bicyclic) bond motifs is 2. The molecule has 2 bridgehead atoms. The van der Waals surface area contributed by atoms with E-state index in [1.807, 2.05) is 0 Å². The number of nitrogens with one attached hydrogen (secondary N) is 1. The monoisotopic (exact) mass is 251 g/mol. The summed E-state index contributed by atoms with van der Waals surface area (Å²) in [7, 11) is 0. The van der Waals surface area contributed by atoms with Crippen LogP contribution in [-0.2, 0) is 9.59 Å². The first-order valence-electron chi connectivity index (χ1n) is 7.12. The van der Waals surface area contributed by atoms with Crippen LogP contribution in [0.5, 0.6) is 0 Å². The lowest BCUT2D eigenvalue weighted by Gasteiger charge is -2.38. The van der Waals surface area contributed by atoms with Crippen molar-refractivity contribution in [1.82, 2.24) is 5.32 Å². The maximum Gasteiger partial charge on any atom is 0.311 e. The van der Waals surface area contributed by atoms with Crippen molar-refractivity contribution in [3.8, 4) is 0 Å². The third-order valence-electron chi connectivity index (χ3n) is 5.44. The molecule has 0 aliphatic heterocycles. The molecule has 0 heterocycles. The molecule has 0 saturated heterocycles. The maximum absolute atomic E-state index is 12.1. The second-order valence-corrected chi connectivity index (χ2v) is 6.44. The van der Waals surface area contributed by atoms with Gasteiger partial charge in [0.25, 0.3) is 0 Å². The standard InChI is InChI=1S/C14H21NO3/c16-12(11-7-9-2-3-10(11)6-9)15-8-14(13(17)18)4-1-5-14/h9-11H,1-8H2,(H,15,16)(H,17,18). The number of amides is 1. The molecule has 3 unspecified atom stereocenters. The van der Waals surface area contributed by atoms with Gasteiger partial charge >= 0.3 is 5.97 Å². The zero-order valence-corrected chi connectivity index (χ0v) is 10.7. The quantitative estimate of drug-likeness (QED) is 0.800. The Kier molecular flexibility index (Phi) is 2.83. The molecule has 3 saturated carbocycles. The second-order valence-electron chi connectivity index (χ2n) is 6.44. The predicted molar refractivity (Wildman–Crippen MR) is 65.9 cm³/mol. The van der Waals surface area contributed by atoms with Crippen molar-refractivity contribution >= 4 is 11.9 Å². The Balaban J connectivity index is 1.54. The second kappa shape index (κ2) is 4.25. The van der Waals surface area contributed by atoms with Crippen molar-refractivity contribution in [2.75, 3.05) is 6.54 Å². The molecule has 2 N–H and O–H groups in total. The lowest BCUT2D eigenvalue weighted by molar-refractivity contribution is -0.154. The summed E-state index contributed by atoms with van der Waals surface area (Å²) < 4.78 is 0. The van der Waals surface area contributed by atoms with Crippen LogP contribution >= 0.6 is 0 Å². The Labute approximate surface area is 107 Å². The molecule has 0 aromatic rings. The molecule has 100 valence electrons. The van der Waals surface area contributed by atoms with Crippen molar-refractivity contribution in [2.45, 2.75) is 44.9 Å². The molecule has 3 rings (SSSR count). The first kappa shape index (κ1) is 12.0. The summed E-state index contributed by atoms with van der Waals surface area (Å²) in [6, 6.07) is 0. The van der Waals surface area contributed by atoms with Gasteiger partial charge < -0.3 is 10.4 Å². The Hall–Kier alpha value is -1.06. The smallest absolute Gasteiger partial charge is 0.311 e. The minimum atomic E-state index is -0.748. The molecule has 0 radical (unpaired) electrons. The number of rotatable bonds is 4. The number of carboxylic acids is 1.